The van der Waals surface area contributed by atoms with E-state index in [2.05, 4.69) is 101 Å². The fraction of sp³-hybridized carbons (Fsp3) is 0.897. The van der Waals surface area contributed by atoms with Gasteiger partial charge in [0.25, 0.3) is 0 Å². The summed E-state index contributed by atoms with van der Waals surface area (Å²) in [5.74, 6) is 0.984. The Morgan fingerprint density at radius 3 is 2.00 bits per heavy atom. The van der Waals surface area contributed by atoms with Crippen LogP contribution in [0.5, 0.6) is 0 Å². The van der Waals surface area contributed by atoms with Crippen LogP contribution in [0.4, 0.5) is 0 Å². The molecule has 0 amide bonds. The summed E-state index contributed by atoms with van der Waals surface area (Å²) >= 11 is 0. The topological polar surface area (TPSA) is 35.5 Å². The van der Waals surface area contributed by atoms with E-state index >= 15 is 0 Å². The molecule has 0 radical (unpaired) electrons. The molecule has 6 atom stereocenters. The van der Waals surface area contributed by atoms with Crippen LogP contribution in [0, 0.1) is 29.1 Å². The standard InChI is InChI=1S/C29H56O3Si2/c1-20(2)34(21(3)4,22(5)6)32-27-16-17-29(11)25(23(27)7)15-14-24(26(29)18-30)19-31-33(12,13)28(8,9)10/h14-15,18,20-27H,16-17,19H2,1-13H3/t23-,24+,25-,26-,27-,29-/m0/s1. The van der Waals surface area contributed by atoms with E-state index in [1.54, 1.807) is 0 Å². The Morgan fingerprint density at radius 2 is 1.56 bits per heavy atom. The van der Waals surface area contributed by atoms with E-state index in [0.717, 1.165) is 12.8 Å². The normalized spacial score (nSPS) is 33.0. The lowest BCUT2D eigenvalue weighted by molar-refractivity contribution is -0.124. The molecular weight excluding hydrogens is 452 g/mol. The summed E-state index contributed by atoms with van der Waals surface area (Å²) in [5.41, 5.74) is 1.76. The third-order valence-electron chi connectivity index (χ3n) is 10.3. The van der Waals surface area contributed by atoms with Crippen molar-refractivity contribution in [1.82, 2.24) is 0 Å². The van der Waals surface area contributed by atoms with Gasteiger partial charge in [-0.2, -0.15) is 0 Å². The summed E-state index contributed by atoms with van der Waals surface area (Å²) in [5, 5.41) is 0.179. The van der Waals surface area contributed by atoms with E-state index in [1.165, 1.54) is 6.29 Å². The molecule has 0 spiro atoms. The number of aldehydes is 1. The zero-order valence-electron chi connectivity index (χ0n) is 24.7. The molecule has 5 heteroatoms. The van der Waals surface area contributed by atoms with Gasteiger partial charge in [-0.15, -0.1) is 0 Å². The molecular formula is C29H56O3Si2. The average molecular weight is 509 g/mol. The van der Waals surface area contributed by atoms with Gasteiger partial charge in [0.2, 0.25) is 8.32 Å². The molecule has 1 fully saturated rings. The van der Waals surface area contributed by atoms with Crippen LogP contribution in [0.3, 0.4) is 0 Å². The van der Waals surface area contributed by atoms with Crippen LogP contribution in [0.15, 0.2) is 12.2 Å². The minimum atomic E-state index is -1.94. The van der Waals surface area contributed by atoms with Crippen molar-refractivity contribution in [3.8, 4) is 0 Å². The van der Waals surface area contributed by atoms with Crippen molar-refractivity contribution in [3.05, 3.63) is 12.2 Å². The Hall–Kier alpha value is -0.236. The molecule has 2 aliphatic carbocycles. The van der Waals surface area contributed by atoms with Crippen molar-refractivity contribution in [2.75, 3.05) is 6.61 Å². The number of rotatable bonds is 9. The van der Waals surface area contributed by atoms with Gasteiger partial charge < -0.3 is 13.6 Å². The maximum atomic E-state index is 12.5. The van der Waals surface area contributed by atoms with Gasteiger partial charge in [0.15, 0.2) is 8.32 Å². The Labute approximate surface area is 214 Å². The maximum Gasteiger partial charge on any atom is 0.200 e. The second-order valence-corrected chi connectivity index (χ2v) is 24.4. The molecule has 0 unspecified atom stereocenters. The van der Waals surface area contributed by atoms with E-state index in [0.29, 0.717) is 35.1 Å². The van der Waals surface area contributed by atoms with Gasteiger partial charge in [-0.3, -0.25) is 0 Å². The van der Waals surface area contributed by atoms with E-state index in [4.69, 9.17) is 8.85 Å². The quantitative estimate of drug-likeness (QED) is 0.178. The van der Waals surface area contributed by atoms with Gasteiger partial charge in [0, 0.05) is 24.5 Å². The number of hydrogen-bond donors (Lipinski definition) is 0. The lowest BCUT2D eigenvalue weighted by atomic mass is 9.52. The van der Waals surface area contributed by atoms with E-state index in [-0.39, 0.29) is 28.4 Å². The Bertz CT molecular complexity index is 700. The molecule has 0 heterocycles. The first-order valence-electron chi connectivity index (χ1n) is 13.9. The Morgan fingerprint density at radius 1 is 1.03 bits per heavy atom. The number of allylic oxidation sites excluding steroid dienone is 1. The number of fused-ring (bicyclic) bond motifs is 1. The zero-order chi connectivity index (χ0) is 26.3. The fourth-order valence-corrected chi connectivity index (χ4v) is 13.9. The highest BCUT2D eigenvalue weighted by atomic mass is 28.4. The van der Waals surface area contributed by atoms with Gasteiger partial charge in [0.1, 0.15) is 6.29 Å². The second-order valence-electron chi connectivity index (χ2n) is 14.2. The van der Waals surface area contributed by atoms with Crippen LogP contribution in [0.2, 0.25) is 34.8 Å². The van der Waals surface area contributed by atoms with E-state index in [9.17, 15) is 4.79 Å². The van der Waals surface area contributed by atoms with Crippen LogP contribution in [-0.4, -0.2) is 35.6 Å². The zero-order valence-corrected chi connectivity index (χ0v) is 26.7. The van der Waals surface area contributed by atoms with Crippen LogP contribution in [0.25, 0.3) is 0 Å². The fourth-order valence-electron chi connectivity index (χ4n) is 7.14. The predicted molar refractivity (Wildman–Crippen MR) is 151 cm³/mol. The molecule has 0 bridgehead atoms. The lowest BCUT2D eigenvalue weighted by Crippen LogP contribution is -2.56. The highest BCUT2D eigenvalue weighted by Crippen LogP contribution is 2.56. The molecule has 1 saturated carbocycles. The van der Waals surface area contributed by atoms with E-state index < -0.39 is 16.6 Å². The highest BCUT2D eigenvalue weighted by Gasteiger charge is 2.55. The van der Waals surface area contributed by atoms with Gasteiger partial charge in [-0.05, 0) is 64.8 Å². The van der Waals surface area contributed by atoms with Crippen molar-refractivity contribution >= 4 is 22.9 Å². The SMILES string of the molecule is CC(C)[Si](O[C@H]1CC[C@@]2(C)[C@@H](C=C[C@H](CO[Si](C)(C)C(C)(C)C)[C@@H]2C=O)[C@@H]1C)(C(C)C)C(C)C. The van der Waals surface area contributed by atoms with Crippen LogP contribution >= 0.6 is 0 Å². The number of carbonyl (C=O) groups is 1. The van der Waals surface area contributed by atoms with Crippen molar-refractivity contribution in [2.45, 2.75) is 130 Å². The molecule has 0 aromatic rings. The summed E-state index contributed by atoms with van der Waals surface area (Å²) in [6.45, 7) is 31.1. The molecule has 198 valence electrons. The van der Waals surface area contributed by atoms with Crippen LogP contribution in [-0.2, 0) is 13.6 Å². The molecule has 0 saturated heterocycles. The first-order chi connectivity index (χ1) is 15.5. The van der Waals surface area contributed by atoms with Crippen molar-refractivity contribution in [3.63, 3.8) is 0 Å². The minimum Gasteiger partial charge on any atom is -0.416 e. The summed E-state index contributed by atoms with van der Waals surface area (Å²) < 4.78 is 13.9. The molecule has 2 aliphatic rings. The smallest absolute Gasteiger partial charge is 0.200 e. The van der Waals surface area contributed by atoms with Crippen molar-refractivity contribution in [2.24, 2.45) is 29.1 Å². The lowest BCUT2D eigenvalue weighted by Gasteiger charge is -2.56. The van der Waals surface area contributed by atoms with Gasteiger partial charge in [-0.1, -0.05) is 88.3 Å². The molecule has 0 N–H and O–H groups in total. The largest absolute Gasteiger partial charge is 0.416 e. The summed E-state index contributed by atoms with van der Waals surface area (Å²) in [7, 11) is -3.79. The third-order valence-corrected chi connectivity index (χ3v) is 20.9. The summed E-state index contributed by atoms with van der Waals surface area (Å²) in [6, 6.07) is 0. The molecule has 2 rings (SSSR count). The van der Waals surface area contributed by atoms with Crippen LogP contribution in [0.1, 0.15) is 89.0 Å². The summed E-state index contributed by atoms with van der Waals surface area (Å²) in [6.07, 6.45) is 8.39. The Balaban J connectivity index is 2.29. The monoisotopic (exact) mass is 508 g/mol. The predicted octanol–water partition coefficient (Wildman–Crippen LogP) is 8.62. The second kappa shape index (κ2) is 10.6. The molecule has 3 nitrogen and oxygen atoms in total. The average Bonchev–Trinajstić information content (AvgIpc) is 2.69. The third kappa shape index (κ3) is 5.38. The molecule has 34 heavy (non-hydrogen) atoms. The number of hydrogen-bond acceptors (Lipinski definition) is 3. The van der Waals surface area contributed by atoms with Crippen LogP contribution < -0.4 is 0 Å². The Kier molecular flexibility index (Phi) is 9.38. The molecule has 0 aromatic heterocycles. The molecule has 0 aromatic carbocycles. The van der Waals surface area contributed by atoms with Gasteiger partial charge in [0.05, 0.1) is 0 Å². The first-order valence-corrected chi connectivity index (χ1v) is 19.0. The van der Waals surface area contributed by atoms with Gasteiger partial charge in [-0.25, -0.2) is 0 Å². The minimum absolute atomic E-state index is 0.0120. The van der Waals surface area contributed by atoms with E-state index in [1.807, 2.05) is 0 Å². The maximum absolute atomic E-state index is 12.5. The molecule has 0 aliphatic heterocycles. The van der Waals surface area contributed by atoms with Gasteiger partial charge >= 0.3 is 0 Å². The van der Waals surface area contributed by atoms with Crippen molar-refractivity contribution < 1.29 is 13.6 Å². The summed E-state index contributed by atoms with van der Waals surface area (Å²) in [4.78, 5) is 12.5. The highest BCUT2D eigenvalue weighted by molar-refractivity contribution is 6.77. The van der Waals surface area contributed by atoms with Crippen molar-refractivity contribution in [1.29, 1.82) is 0 Å². The number of carbonyl (C=O) groups excluding carboxylic acids is 1. The first kappa shape index (κ1) is 30.0.